The molecule has 0 amide bonds. The number of nitro groups is 1. The summed E-state index contributed by atoms with van der Waals surface area (Å²) in [5.74, 6) is -0.0139. The molecule has 0 bridgehead atoms. The van der Waals surface area contributed by atoms with E-state index in [1.165, 1.54) is 18.2 Å². The first kappa shape index (κ1) is 14.1. The minimum Gasteiger partial charge on any atom is -0.506 e. The molecular formula is C13H10BrN3O3. The number of aromatic hydroxyl groups is 1. The zero-order chi connectivity index (χ0) is 14.7. The Balaban J connectivity index is 2.38. The summed E-state index contributed by atoms with van der Waals surface area (Å²) in [5, 5.41) is 28.2. The molecule has 0 saturated carbocycles. The molecule has 20 heavy (non-hydrogen) atoms. The molecule has 0 atom stereocenters. The van der Waals surface area contributed by atoms with Crippen molar-refractivity contribution in [3.8, 4) is 5.75 Å². The van der Waals surface area contributed by atoms with E-state index in [4.69, 9.17) is 0 Å². The fourth-order valence-corrected chi connectivity index (χ4v) is 1.85. The van der Waals surface area contributed by atoms with Gasteiger partial charge in [0.15, 0.2) is 0 Å². The van der Waals surface area contributed by atoms with Gasteiger partial charge in [-0.2, -0.15) is 0 Å². The third-order valence-corrected chi connectivity index (χ3v) is 3.10. The van der Waals surface area contributed by atoms with Gasteiger partial charge in [-0.15, -0.1) is 10.2 Å². The molecule has 7 heteroatoms. The van der Waals surface area contributed by atoms with Crippen molar-refractivity contribution in [3.63, 3.8) is 0 Å². The smallest absolute Gasteiger partial charge is 0.271 e. The highest BCUT2D eigenvalue weighted by atomic mass is 79.9. The monoisotopic (exact) mass is 335 g/mol. The van der Waals surface area contributed by atoms with Gasteiger partial charge in [0.2, 0.25) is 0 Å². The molecular weight excluding hydrogens is 326 g/mol. The molecule has 2 aromatic carbocycles. The van der Waals surface area contributed by atoms with Crippen LogP contribution in [0.5, 0.6) is 5.75 Å². The molecule has 0 aliphatic rings. The van der Waals surface area contributed by atoms with Gasteiger partial charge in [0.25, 0.3) is 5.69 Å². The van der Waals surface area contributed by atoms with Crippen LogP contribution in [0.3, 0.4) is 0 Å². The molecule has 0 radical (unpaired) electrons. The van der Waals surface area contributed by atoms with E-state index in [9.17, 15) is 15.2 Å². The van der Waals surface area contributed by atoms with Gasteiger partial charge < -0.3 is 5.11 Å². The van der Waals surface area contributed by atoms with Crippen LogP contribution in [0.2, 0.25) is 0 Å². The van der Waals surface area contributed by atoms with Gasteiger partial charge in [-0.05, 0) is 30.7 Å². The lowest BCUT2D eigenvalue weighted by Crippen LogP contribution is -1.87. The highest BCUT2D eigenvalue weighted by Crippen LogP contribution is 2.32. The van der Waals surface area contributed by atoms with Crippen LogP contribution in [0.4, 0.5) is 17.1 Å². The van der Waals surface area contributed by atoms with Gasteiger partial charge in [-0.3, -0.25) is 10.1 Å². The third-order valence-electron chi connectivity index (χ3n) is 2.61. The molecule has 0 aromatic heterocycles. The van der Waals surface area contributed by atoms with Gasteiger partial charge in [-0.25, -0.2) is 0 Å². The molecule has 102 valence electrons. The number of phenolic OH excluding ortho intramolecular Hbond substituents is 1. The Morgan fingerprint density at radius 1 is 1.15 bits per heavy atom. The summed E-state index contributed by atoms with van der Waals surface area (Å²) in [6, 6.07) is 9.11. The topological polar surface area (TPSA) is 88.1 Å². The average molecular weight is 336 g/mol. The van der Waals surface area contributed by atoms with Crippen LogP contribution >= 0.6 is 15.9 Å². The van der Waals surface area contributed by atoms with Gasteiger partial charge in [0, 0.05) is 16.6 Å². The minimum absolute atomic E-state index is 0.0139. The number of azo groups is 1. The molecule has 0 aliphatic heterocycles. The first-order valence-corrected chi connectivity index (χ1v) is 6.42. The molecule has 0 heterocycles. The van der Waals surface area contributed by atoms with Gasteiger partial charge in [-0.1, -0.05) is 22.0 Å². The SMILES string of the molecule is Cc1ccc([N+](=O)[O-])cc1N=Nc1cc(Br)ccc1O. The van der Waals surface area contributed by atoms with Crippen molar-refractivity contribution < 1.29 is 10.0 Å². The lowest BCUT2D eigenvalue weighted by molar-refractivity contribution is -0.384. The molecule has 1 N–H and O–H groups in total. The van der Waals surface area contributed by atoms with E-state index in [1.807, 2.05) is 0 Å². The number of non-ortho nitro benzene ring substituents is 1. The molecule has 0 saturated heterocycles. The van der Waals surface area contributed by atoms with Crippen LogP contribution < -0.4 is 0 Å². The number of hydrogen-bond donors (Lipinski definition) is 1. The van der Waals surface area contributed by atoms with E-state index >= 15 is 0 Å². The summed E-state index contributed by atoms with van der Waals surface area (Å²) in [6.45, 7) is 1.78. The predicted molar refractivity (Wildman–Crippen MR) is 77.8 cm³/mol. The Labute approximate surface area is 123 Å². The fourth-order valence-electron chi connectivity index (χ4n) is 1.50. The summed E-state index contributed by atoms with van der Waals surface area (Å²) in [6.07, 6.45) is 0. The van der Waals surface area contributed by atoms with Crippen LogP contribution in [-0.4, -0.2) is 10.0 Å². The second kappa shape index (κ2) is 5.79. The van der Waals surface area contributed by atoms with E-state index in [2.05, 4.69) is 26.2 Å². The van der Waals surface area contributed by atoms with Crippen molar-refractivity contribution in [1.82, 2.24) is 0 Å². The Morgan fingerprint density at radius 2 is 1.85 bits per heavy atom. The van der Waals surface area contributed by atoms with Gasteiger partial charge in [0.05, 0.1) is 10.6 Å². The zero-order valence-corrected chi connectivity index (χ0v) is 12.0. The lowest BCUT2D eigenvalue weighted by Gasteiger charge is -2.00. The maximum absolute atomic E-state index is 10.7. The quantitative estimate of drug-likeness (QED) is 0.497. The van der Waals surface area contributed by atoms with Crippen molar-refractivity contribution in [3.05, 3.63) is 56.5 Å². The number of nitro benzene ring substituents is 1. The largest absolute Gasteiger partial charge is 0.506 e. The zero-order valence-electron chi connectivity index (χ0n) is 10.4. The summed E-state index contributed by atoms with van der Waals surface area (Å²) in [7, 11) is 0. The normalized spacial score (nSPS) is 10.9. The standard InChI is InChI=1S/C13H10BrN3O3/c1-8-2-4-10(17(19)20)7-11(8)15-16-12-6-9(14)3-5-13(12)18/h2-7,18H,1H3. The first-order chi connectivity index (χ1) is 9.47. The third kappa shape index (κ3) is 3.18. The van der Waals surface area contributed by atoms with Crippen molar-refractivity contribution in [1.29, 1.82) is 0 Å². The minimum atomic E-state index is -0.491. The van der Waals surface area contributed by atoms with Crippen molar-refractivity contribution in [2.45, 2.75) is 6.92 Å². The summed E-state index contributed by atoms with van der Waals surface area (Å²) in [5.41, 5.74) is 1.38. The number of halogens is 1. The average Bonchev–Trinajstić information content (AvgIpc) is 2.41. The molecule has 2 aromatic rings. The molecule has 6 nitrogen and oxygen atoms in total. The van der Waals surface area contributed by atoms with Crippen LogP contribution in [0.25, 0.3) is 0 Å². The highest BCUT2D eigenvalue weighted by Gasteiger charge is 2.08. The lowest BCUT2D eigenvalue weighted by atomic mass is 10.2. The van der Waals surface area contributed by atoms with Crippen molar-refractivity contribution in [2.24, 2.45) is 10.2 Å². The second-order valence-corrected chi connectivity index (χ2v) is 4.98. The van der Waals surface area contributed by atoms with Crippen LogP contribution in [-0.2, 0) is 0 Å². The number of nitrogens with zero attached hydrogens (tertiary/aromatic N) is 3. The number of benzene rings is 2. The van der Waals surface area contributed by atoms with Crippen molar-refractivity contribution >= 4 is 33.0 Å². The molecule has 2 rings (SSSR count). The highest BCUT2D eigenvalue weighted by molar-refractivity contribution is 9.10. The number of phenols is 1. The van der Waals surface area contributed by atoms with E-state index in [0.717, 1.165) is 10.0 Å². The van der Waals surface area contributed by atoms with E-state index in [-0.39, 0.29) is 17.1 Å². The molecule has 0 spiro atoms. The van der Waals surface area contributed by atoms with E-state index < -0.39 is 4.92 Å². The predicted octanol–water partition coefficient (Wildman–Crippen LogP) is 4.79. The van der Waals surface area contributed by atoms with E-state index in [0.29, 0.717) is 5.69 Å². The van der Waals surface area contributed by atoms with Gasteiger partial charge >= 0.3 is 0 Å². The van der Waals surface area contributed by atoms with E-state index in [1.54, 1.807) is 25.1 Å². The molecule has 0 fully saturated rings. The fraction of sp³-hybridized carbons (Fsp3) is 0.0769. The van der Waals surface area contributed by atoms with Gasteiger partial charge in [0.1, 0.15) is 11.4 Å². The van der Waals surface area contributed by atoms with Crippen LogP contribution in [0, 0.1) is 17.0 Å². The Kier molecular flexibility index (Phi) is 4.09. The van der Waals surface area contributed by atoms with Crippen LogP contribution in [0.1, 0.15) is 5.56 Å². The number of hydrogen-bond acceptors (Lipinski definition) is 5. The second-order valence-electron chi connectivity index (χ2n) is 4.06. The number of rotatable bonds is 3. The Hall–Kier alpha value is -2.28. The summed E-state index contributed by atoms with van der Waals surface area (Å²) < 4.78 is 0.750. The van der Waals surface area contributed by atoms with Crippen LogP contribution in [0.15, 0.2) is 51.1 Å². The molecule has 0 unspecified atom stereocenters. The molecule has 0 aliphatic carbocycles. The Bertz CT molecular complexity index is 701. The first-order valence-electron chi connectivity index (χ1n) is 5.62. The Morgan fingerprint density at radius 3 is 2.55 bits per heavy atom. The maximum Gasteiger partial charge on any atom is 0.271 e. The summed E-state index contributed by atoms with van der Waals surface area (Å²) in [4.78, 5) is 10.2. The van der Waals surface area contributed by atoms with Crippen molar-refractivity contribution in [2.75, 3.05) is 0 Å². The number of aryl methyl sites for hydroxylation is 1. The summed E-state index contributed by atoms with van der Waals surface area (Å²) >= 11 is 3.27. The maximum atomic E-state index is 10.7.